The summed E-state index contributed by atoms with van der Waals surface area (Å²) in [5.74, 6) is 0. The third-order valence-electron chi connectivity index (χ3n) is 5.04. The van der Waals surface area contributed by atoms with Crippen LogP contribution in [0.5, 0.6) is 0 Å². The van der Waals surface area contributed by atoms with Crippen molar-refractivity contribution in [3.8, 4) is 0 Å². The molecule has 1 saturated carbocycles. The lowest BCUT2D eigenvalue weighted by molar-refractivity contribution is 0.0603. The average molecular weight is 332 g/mol. The number of amides is 1. The summed E-state index contributed by atoms with van der Waals surface area (Å²) >= 11 is -1.12. The number of likely N-dealkylation sites (tertiary alicyclic amines) is 1. The van der Waals surface area contributed by atoms with Crippen LogP contribution in [0.1, 0.15) is 46.5 Å². The van der Waals surface area contributed by atoms with Crippen LogP contribution in [0.15, 0.2) is 0 Å². The Labute approximate surface area is 135 Å². The summed E-state index contributed by atoms with van der Waals surface area (Å²) in [4.78, 5) is 12.6. The quantitative estimate of drug-likeness (QED) is 0.772. The molecular weight excluding hydrogens is 304 g/mol. The fourth-order valence-electron chi connectivity index (χ4n) is 3.55. The number of methoxy groups -OCH3 is 1. The Morgan fingerprint density at radius 1 is 1.41 bits per heavy atom. The molecule has 0 bridgehead atoms. The Morgan fingerprint density at radius 2 is 2.00 bits per heavy atom. The number of nitrogens with one attached hydrogen (secondary N) is 1. The second kappa shape index (κ2) is 6.55. The first-order valence-corrected chi connectivity index (χ1v) is 9.02. The van der Waals surface area contributed by atoms with E-state index in [1.54, 1.807) is 7.11 Å². The minimum absolute atomic E-state index is 0.00641. The molecule has 2 aliphatic rings. The summed E-state index contributed by atoms with van der Waals surface area (Å²) in [6.07, 6.45) is 2.67. The van der Waals surface area contributed by atoms with Crippen LogP contribution in [0.25, 0.3) is 0 Å². The molecule has 2 rings (SSSR count). The maximum Gasteiger partial charge on any atom is 0.407 e. The van der Waals surface area contributed by atoms with E-state index in [4.69, 9.17) is 9.84 Å². The molecule has 1 spiro atoms. The standard InChI is InChI=1S/C15H28N2O4S/c1-14(2,3)22(20)16-12-9-11(21-4)10-15(12)5-7-17(8-6-15)13(18)19/h11-12,16H,5-10H2,1-4H3,(H,18,19)/t11?,12?,22-/m1/s1. The van der Waals surface area contributed by atoms with E-state index < -0.39 is 17.5 Å². The molecule has 7 heteroatoms. The lowest BCUT2D eigenvalue weighted by Crippen LogP contribution is -2.53. The highest BCUT2D eigenvalue weighted by Gasteiger charge is 2.51. The molecule has 6 nitrogen and oxygen atoms in total. The van der Waals surface area contributed by atoms with Crippen LogP contribution in [-0.2, 0) is 16.1 Å². The highest BCUT2D eigenvalue weighted by molar-refractivity contribution is 7.90. The number of hydrogen-bond donors (Lipinski definition) is 2. The van der Waals surface area contributed by atoms with Crippen molar-refractivity contribution in [3.05, 3.63) is 0 Å². The number of nitrogens with zero attached hydrogens (tertiary/aromatic N) is 1. The third kappa shape index (κ3) is 3.69. The second-order valence-corrected chi connectivity index (χ2v) is 9.48. The molecule has 128 valence electrons. The highest BCUT2D eigenvalue weighted by Crippen LogP contribution is 2.47. The van der Waals surface area contributed by atoms with Crippen molar-refractivity contribution in [1.29, 1.82) is 0 Å². The van der Waals surface area contributed by atoms with Crippen LogP contribution in [0.2, 0.25) is 0 Å². The first-order chi connectivity index (χ1) is 10.2. The van der Waals surface area contributed by atoms with Gasteiger partial charge >= 0.3 is 6.09 Å². The summed E-state index contributed by atoms with van der Waals surface area (Å²) in [7, 11) is 1.72. The second-order valence-electron chi connectivity index (χ2n) is 7.48. The van der Waals surface area contributed by atoms with Gasteiger partial charge in [-0.1, -0.05) is 0 Å². The molecule has 1 aliphatic carbocycles. The van der Waals surface area contributed by atoms with Crippen molar-refractivity contribution >= 4 is 17.5 Å². The lowest BCUT2D eigenvalue weighted by atomic mass is 9.74. The van der Waals surface area contributed by atoms with Gasteiger partial charge in [0.1, 0.15) is 4.75 Å². The van der Waals surface area contributed by atoms with Crippen molar-refractivity contribution in [2.24, 2.45) is 5.41 Å². The molecule has 0 radical (unpaired) electrons. The van der Waals surface area contributed by atoms with Crippen LogP contribution in [0.3, 0.4) is 0 Å². The number of carbonyl (C=O) groups is 1. The molecule has 2 N–H and O–H groups in total. The van der Waals surface area contributed by atoms with Gasteiger partial charge in [-0.15, -0.1) is 4.72 Å². The monoisotopic (exact) mass is 332 g/mol. The number of piperidine rings is 1. The van der Waals surface area contributed by atoms with E-state index in [1.807, 2.05) is 20.8 Å². The first-order valence-electron chi connectivity index (χ1n) is 7.87. The van der Waals surface area contributed by atoms with Crippen LogP contribution >= 0.6 is 0 Å². The van der Waals surface area contributed by atoms with Crippen molar-refractivity contribution < 1.29 is 19.2 Å². The molecule has 1 amide bonds. The molecule has 1 aliphatic heterocycles. The lowest BCUT2D eigenvalue weighted by Gasteiger charge is -2.42. The maximum atomic E-state index is 12.5. The van der Waals surface area contributed by atoms with E-state index in [0.29, 0.717) is 13.1 Å². The predicted octanol–water partition coefficient (Wildman–Crippen LogP) is 1.98. The van der Waals surface area contributed by atoms with Crippen LogP contribution in [0, 0.1) is 5.41 Å². The molecule has 3 atom stereocenters. The molecule has 2 unspecified atom stereocenters. The van der Waals surface area contributed by atoms with Gasteiger partial charge in [0, 0.05) is 31.6 Å². The van der Waals surface area contributed by atoms with Crippen LogP contribution < -0.4 is 4.72 Å². The summed E-state index contributed by atoms with van der Waals surface area (Å²) in [5.41, 5.74) is -0.00641. The van der Waals surface area contributed by atoms with Crippen LogP contribution in [0.4, 0.5) is 4.79 Å². The van der Waals surface area contributed by atoms with Crippen molar-refractivity contribution in [2.75, 3.05) is 20.2 Å². The molecule has 0 aromatic heterocycles. The molecule has 22 heavy (non-hydrogen) atoms. The van der Waals surface area contributed by atoms with E-state index in [0.717, 1.165) is 25.7 Å². The first kappa shape index (κ1) is 17.8. The van der Waals surface area contributed by atoms with Gasteiger partial charge in [-0.3, -0.25) is 0 Å². The van der Waals surface area contributed by atoms with Gasteiger partial charge in [-0.25, -0.2) is 4.79 Å². The number of rotatable bonds is 3. The van der Waals surface area contributed by atoms with E-state index in [9.17, 15) is 9.35 Å². The zero-order valence-electron chi connectivity index (χ0n) is 13.9. The molecule has 1 saturated heterocycles. The van der Waals surface area contributed by atoms with Gasteiger partial charge in [-0.05, 0) is 51.9 Å². The predicted molar refractivity (Wildman–Crippen MR) is 86.1 cm³/mol. The number of carboxylic acid groups (broad SMARTS) is 1. The summed E-state index contributed by atoms with van der Waals surface area (Å²) in [6, 6.07) is 0.119. The summed E-state index contributed by atoms with van der Waals surface area (Å²) in [5, 5.41) is 9.12. The third-order valence-corrected chi connectivity index (χ3v) is 6.65. The van der Waals surface area contributed by atoms with E-state index in [1.165, 1.54) is 4.90 Å². The van der Waals surface area contributed by atoms with Crippen LogP contribution in [-0.4, -0.2) is 57.7 Å². The highest BCUT2D eigenvalue weighted by atomic mass is 32.2. The molecule has 0 aromatic carbocycles. The Kier molecular flexibility index (Phi) is 5.31. The Bertz CT molecular complexity index is 405. The van der Waals surface area contributed by atoms with Gasteiger partial charge in [0.05, 0.1) is 12.1 Å². The van der Waals surface area contributed by atoms with E-state index >= 15 is 0 Å². The largest absolute Gasteiger partial charge is 0.598 e. The fraction of sp³-hybridized carbons (Fsp3) is 0.933. The molecule has 2 fully saturated rings. The maximum absolute atomic E-state index is 12.5. The zero-order chi connectivity index (χ0) is 16.5. The molecule has 1 heterocycles. The number of ether oxygens (including phenoxy) is 1. The average Bonchev–Trinajstić information content (AvgIpc) is 2.76. The van der Waals surface area contributed by atoms with E-state index in [2.05, 4.69) is 4.72 Å². The van der Waals surface area contributed by atoms with Crippen molar-refractivity contribution in [1.82, 2.24) is 9.62 Å². The Morgan fingerprint density at radius 3 is 2.45 bits per heavy atom. The zero-order valence-corrected chi connectivity index (χ0v) is 14.7. The minimum atomic E-state index is -1.12. The smallest absolute Gasteiger partial charge is 0.407 e. The van der Waals surface area contributed by atoms with Gasteiger partial charge in [0.2, 0.25) is 0 Å². The number of hydrogen-bond acceptors (Lipinski definition) is 4. The normalized spacial score (nSPS) is 29.8. The molecular formula is C15H28N2O4S. The minimum Gasteiger partial charge on any atom is -0.598 e. The SMILES string of the molecule is COC1CC(N[S@+]([O-])C(C)(C)C)C2(CCN(C(=O)O)CC2)C1. The summed E-state index contributed by atoms with van der Waals surface area (Å²) in [6.45, 7) is 6.97. The Balaban J connectivity index is 2.08. The van der Waals surface area contributed by atoms with Crippen molar-refractivity contribution in [3.63, 3.8) is 0 Å². The van der Waals surface area contributed by atoms with Gasteiger partial charge in [0.15, 0.2) is 0 Å². The fourth-order valence-corrected chi connectivity index (χ4v) is 4.50. The Hall–Kier alpha value is -0.500. The summed E-state index contributed by atoms with van der Waals surface area (Å²) < 4.78 is 21.0. The van der Waals surface area contributed by atoms with Gasteiger partial charge < -0.3 is 19.3 Å². The van der Waals surface area contributed by atoms with Crippen molar-refractivity contribution in [2.45, 2.75) is 63.3 Å². The van der Waals surface area contributed by atoms with Gasteiger partial charge in [0.25, 0.3) is 0 Å². The van der Waals surface area contributed by atoms with Gasteiger partial charge in [-0.2, -0.15) is 0 Å². The van der Waals surface area contributed by atoms with E-state index in [-0.39, 0.29) is 22.3 Å². The topological polar surface area (TPSA) is 84.9 Å². The molecule has 0 aromatic rings.